The lowest BCUT2D eigenvalue weighted by Gasteiger charge is -2.17. The van der Waals surface area contributed by atoms with Crippen LogP contribution in [0, 0.1) is 5.41 Å². The number of nitrogens with one attached hydrogen (secondary N) is 1. The van der Waals surface area contributed by atoms with Crippen LogP contribution >= 0.6 is 11.6 Å². The zero-order valence-electron chi connectivity index (χ0n) is 11.0. The Morgan fingerprint density at radius 2 is 2.10 bits per heavy atom. The van der Waals surface area contributed by atoms with E-state index in [9.17, 15) is 13.2 Å². The molecule has 8 heteroatoms. The van der Waals surface area contributed by atoms with Gasteiger partial charge in [-0.3, -0.25) is 0 Å². The van der Waals surface area contributed by atoms with Gasteiger partial charge in [0.15, 0.2) is 0 Å². The quantitative estimate of drug-likeness (QED) is 0.335. The molecule has 0 radical (unpaired) electrons. The molecule has 0 heterocycles. The highest BCUT2D eigenvalue weighted by Gasteiger charge is 2.43. The molecule has 1 aromatic rings. The van der Waals surface area contributed by atoms with Gasteiger partial charge in [0.25, 0.3) is 0 Å². The maximum Gasteiger partial charge on any atom is 0.417 e. The third-order valence-electron chi connectivity index (χ3n) is 3.58. The molecule has 0 unspecified atom stereocenters. The fourth-order valence-corrected chi connectivity index (χ4v) is 2.38. The van der Waals surface area contributed by atoms with Gasteiger partial charge in [-0.25, -0.2) is 0 Å². The van der Waals surface area contributed by atoms with E-state index in [1.807, 2.05) is 0 Å². The summed E-state index contributed by atoms with van der Waals surface area (Å²) in [6, 6.07) is 3.70. The van der Waals surface area contributed by atoms with E-state index in [1.54, 1.807) is 0 Å². The van der Waals surface area contributed by atoms with Crippen LogP contribution in [0.15, 0.2) is 23.4 Å². The second kappa shape index (κ2) is 5.63. The number of halogens is 4. The number of anilines is 1. The van der Waals surface area contributed by atoms with Gasteiger partial charge in [-0.05, 0) is 36.5 Å². The van der Waals surface area contributed by atoms with Crippen molar-refractivity contribution in [3.05, 3.63) is 28.8 Å². The third-order valence-corrected chi connectivity index (χ3v) is 3.91. The summed E-state index contributed by atoms with van der Waals surface area (Å²) < 4.78 is 38.3. The average Bonchev–Trinajstić information content (AvgIpc) is 3.16. The van der Waals surface area contributed by atoms with Gasteiger partial charge in [0.2, 0.25) is 0 Å². The molecule has 1 aliphatic rings. The highest BCUT2D eigenvalue weighted by atomic mass is 35.5. The first-order chi connectivity index (χ1) is 9.76. The van der Waals surface area contributed by atoms with E-state index < -0.39 is 11.7 Å². The minimum Gasteiger partial charge on any atom is -0.409 e. The summed E-state index contributed by atoms with van der Waals surface area (Å²) in [4.78, 5) is 0. The second-order valence-electron chi connectivity index (χ2n) is 5.31. The van der Waals surface area contributed by atoms with Gasteiger partial charge in [-0.15, -0.1) is 0 Å². The van der Waals surface area contributed by atoms with Gasteiger partial charge in [-0.1, -0.05) is 16.8 Å². The number of benzene rings is 1. The molecule has 0 amide bonds. The van der Waals surface area contributed by atoms with Crippen LogP contribution in [-0.2, 0) is 6.18 Å². The minimum absolute atomic E-state index is 0.126. The fraction of sp³-hybridized carbons (Fsp3) is 0.462. The van der Waals surface area contributed by atoms with Crippen molar-refractivity contribution in [2.75, 3.05) is 11.9 Å². The Morgan fingerprint density at radius 3 is 2.62 bits per heavy atom. The number of amidine groups is 1. The summed E-state index contributed by atoms with van der Waals surface area (Å²) in [5.74, 6) is 0.126. The monoisotopic (exact) mass is 321 g/mol. The predicted octanol–water partition coefficient (Wildman–Crippen LogP) is 3.69. The highest BCUT2D eigenvalue weighted by Crippen LogP contribution is 2.48. The lowest BCUT2D eigenvalue weighted by Crippen LogP contribution is -2.23. The first-order valence-corrected chi connectivity index (χ1v) is 6.71. The van der Waals surface area contributed by atoms with Gasteiger partial charge in [-0.2, -0.15) is 13.2 Å². The summed E-state index contributed by atoms with van der Waals surface area (Å²) in [5, 5.41) is 14.1. The molecule has 0 aliphatic heterocycles. The van der Waals surface area contributed by atoms with Crippen LogP contribution < -0.4 is 11.1 Å². The van der Waals surface area contributed by atoms with Gasteiger partial charge in [0.1, 0.15) is 5.84 Å². The predicted molar refractivity (Wildman–Crippen MR) is 74.6 cm³/mol. The Bertz CT molecular complexity index is 556. The van der Waals surface area contributed by atoms with Crippen molar-refractivity contribution in [1.29, 1.82) is 0 Å². The molecule has 0 saturated heterocycles. The number of rotatable bonds is 5. The molecule has 21 heavy (non-hydrogen) atoms. The Kier molecular flexibility index (Phi) is 4.22. The van der Waals surface area contributed by atoms with Crippen LogP contribution in [0.25, 0.3) is 0 Å². The Hall–Kier alpha value is -1.63. The summed E-state index contributed by atoms with van der Waals surface area (Å²) in [6.45, 7) is 0.460. The van der Waals surface area contributed by atoms with E-state index in [1.165, 1.54) is 12.1 Å². The molecular weight excluding hydrogens is 307 g/mol. The van der Waals surface area contributed by atoms with Crippen molar-refractivity contribution in [3.8, 4) is 0 Å². The van der Waals surface area contributed by atoms with Gasteiger partial charge in [0.05, 0.1) is 10.6 Å². The molecule has 1 fully saturated rings. The standard InChI is InChI=1S/C13H15ClF3N3O/c14-10-2-1-8(5-9(10)13(15,16)17)19-7-12(3-4-12)6-11(18)20-21/h1-2,5,19,21H,3-4,6-7H2,(H2,18,20). The van der Waals surface area contributed by atoms with Gasteiger partial charge < -0.3 is 16.3 Å². The number of nitrogens with two attached hydrogens (primary N) is 1. The lowest BCUT2D eigenvalue weighted by molar-refractivity contribution is -0.137. The first-order valence-electron chi connectivity index (χ1n) is 6.33. The maximum absolute atomic E-state index is 12.8. The summed E-state index contributed by atoms with van der Waals surface area (Å²) in [6.07, 6.45) is -2.30. The van der Waals surface area contributed by atoms with Gasteiger partial charge >= 0.3 is 6.18 Å². The second-order valence-corrected chi connectivity index (χ2v) is 5.72. The van der Waals surface area contributed by atoms with Crippen LogP contribution in [0.2, 0.25) is 5.02 Å². The Morgan fingerprint density at radius 1 is 1.43 bits per heavy atom. The largest absolute Gasteiger partial charge is 0.417 e. The van der Waals surface area contributed by atoms with Gasteiger partial charge in [0, 0.05) is 18.7 Å². The van der Waals surface area contributed by atoms with Crippen LogP contribution in [0.3, 0.4) is 0 Å². The van der Waals surface area contributed by atoms with Crippen molar-refractivity contribution in [1.82, 2.24) is 0 Å². The number of hydrogen-bond acceptors (Lipinski definition) is 3. The molecule has 1 aromatic carbocycles. The van der Waals surface area contributed by atoms with E-state index in [0.29, 0.717) is 18.7 Å². The first kappa shape index (κ1) is 15.8. The SMILES string of the molecule is NC(CC1(CNc2ccc(Cl)c(C(F)(F)F)c2)CC1)=NO. The number of alkyl halides is 3. The molecule has 0 atom stereocenters. The molecular formula is C13H15ClF3N3O. The molecule has 116 valence electrons. The fourth-order valence-electron chi connectivity index (χ4n) is 2.15. The molecule has 1 aliphatic carbocycles. The zero-order chi connectivity index (χ0) is 15.7. The minimum atomic E-state index is -4.49. The molecule has 0 aromatic heterocycles. The van der Waals surface area contributed by atoms with Crippen LogP contribution in [0.4, 0.5) is 18.9 Å². The van der Waals surface area contributed by atoms with Crippen LogP contribution in [0.5, 0.6) is 0 Å². The summed E-state index contributed by atoms with van der Waals surface area (Å²) >= 11 is 5.56. The maximum atomic E-state index is 12.8. The Labute approximate surface area is 124 Å². The molecule has 1 saturated carbocycles. The molecule has 4 nitrogen and oxygen atoms in total. The molecule has 0 spiro atoms. The third kappa shape index (κ3) is 3.93. The van der Waals surface area contributed by atoms with E-state index in [2.05, 4.69) is 10.5 Å². The summed E-state index contributed by atoms with van der Waals surface area (Å²) in [7, 11) is 0. The van der Waals surface area contributed by atoms with Crippen molar-refractivity contribution < 1.29 is 18.4 Å². The van der Waals surface area contributed by atoms with E-state index in [4.69, 9.17) is 22.5 Å². The normalized spacial score (nSPS) is 17.6. The summed E-state index contributed by atoms with van der Waals surface area (Å²) in [5.41, 5.74) is 4.81. The van der Waals surface area contributed by atoms with Crippen molar-refractivity contribution in [2.45, 2.75) is 25.4 Å². The van der Waals surface area contributed by atoms with E-state index >= 15 is 0 Å². The van der Waals surface area contributed by atoms with Crippen LogP contribution in [0.1, 0.15) is 24.8 Å². The van der Waals surface area contributed by atoms with Crippen molar-refractivity contribution in [2.24, 2.45) is 16.3 Å². The van der Waals surface area contributed by atoms with Crippen molar-refractivity contribution >= 4 is 23.1 Å². The smallest absolute Gasteiger partial charge is 0.409 e. The highest BCUT2D eigenvalue weighted by molar-refractivity contribution is 6.31. The van der Waals surface area contributed by atoms with E-state index in [-0.39, 0.29) is 16.3 Å². The topological polar surface area (TPSA) is 70.6 Å². The molecule has 2 rings (SSSR count). The average molecular weight is 322 g/mol. The zero-order valence-corrected chi connectivity index (χ0v) is 11.8. The van der Waals surface area contributed by atoms with E-state index in [0.717, 1.165) is 18.9 Å². The molecule has 0 bridgehead atoms. The van der Waals surface area contributed by atoms with Crippen LogP contribution in [-0.4, -0.2) is 17.6 Å². The molecule has 4 N–H and O–H groups in total. The lowest BCUT2D eigenvalue weighted by atomic mass is 10.0. The van der Waals surface area contributed by atoms with Crippen molar-refractivity contribution in [3.63, 3.8) is 0 Å². The number of nitrogens with zero attached hydrogens (tertiary/aromatic N) is 1. The number of hydrogen-bond donors (Lipinski definition) is 3. The Balaban J connectivity index is 2.04. The number of oxime groups is 1.